The molecule has 1 fully saturated rings. The van der Waals surface area contributed by atoms with Crippen LogP contribution in [0.1, 0.15) is 40.5 Å². The molecule has 1 aliphatic rings. The Morgan fingerprint density at radius 1 is 1.31 bits per heavy atom. The Balaban J connectivity index is 2.30. The summed E-state index contributed by atoms with van der Waals surface area (Å²) in [7, 11) is 1.78. The lowest BCUT2D eigenvalue weighted by Gasteiger charge is -2.45. The van der Waals surface area contributed by atoms with Crippen LogP contribution in [0.2, 0.25) is 0 Å². The van der Waals surface area contributed by atoms with Gasteiger partial charge in [0.2, 0.25) is 0 Å². The highest BCUT2D eigenvalue weighted by Gasteiger charge is 2.42. The maximum atomic E-state index is 6.00. The van der Waals surface area contributed by atoms with Gasteiger partial charge in [-0.15, -0.1) is 0 Å². The standard InChI is InChI=1S/C13H27NO2/c1-6-7-14-11-8-12(13(11)15-5)16-10(4)9(2)3/h9-14H,6-8H2,1-5H3. The monoisotopic (exact) mass is 229 g/mol. The summed E-state index contributed by atoms with van der Waals surface area (Å²) in [4.78, 5) is 0. The normalized spacial score (nSPS) is 31.5. The van der Waals surface area contributed by atoms with Crippen molar-refractivity contribution < 1.29 is 9.47 Å². The molecule has 1 N–H and O–H groups in total. The van der Waals surface area contributed by atoms with Crippen LogP contribution in [-0.4, -0.2) is 38.0 Å². The molecule has 16 heavy (non-hydrogen) atoms. The Morgan fingerprint density at radius 3 is 2.50 bits per heavy atom. The van der Waals surface area contributed by atoms with Crippen LogP contribution in [0.25, 0.3) is 0 Å². The Hall–Kier alpha value is -0.120. The van der Waals surface area contributed by atoms with Gasteiger partial charge in [0, 0.05) is 13.2 Å². The molecule has 96 valence electrons. The summed E-state index contributed by atoms with van der Waals surface area (Å²) >= 11 is 0. The lowest BCUT2D eigenvalue weighted by Crippen LogP contribution is -2.60. The van der Waals surface area contributed by atoms with Crippen LogP contribution in [0.5, 0.6) is 0 Å². The highest BCUT2D eigenvalue weighted by Crippen LogP contribution is 2.29. The number of hydrogen-bond acceptors (Lipinski definition) is 3. The highest BCUT2D eigenvalue weighted by molar-refractivity contribution is 4.97. The quantitative estimate of drug-likeness (QED) is 0.726. The van der Waals surface area contributed by atoms with Gasteiger partial charge in [-0.25, -0.2) is 0 Å². The van der Waals surface area contributed by atoms with Crippen molar-refractivity contribution in [2.45, 2.75) is 64.9 Å². The zero-order valence-corrected chi connectivity index (χ0v) is 11.3. The molecule has 3 heteroatoms. The van der Waals surface area contributed by atoms with E-state index in [9.17, 15) is 0 Å². The zero-order chi connectivity index (χ0) is 12.1. The Kier molecular flexibility index (Phi) is 5.73. The topological polar surface area (TPSA) is 30.5 Å². The molecular weight excluding hydrogens is 202 g/mol. The van der Waals surface area contributed by atoms with Crippen molar-refractivity contribution in [3.8, 4) is 0 Å². The van der Waals surface area contributed by atoms with Gasteiger partial charge in [-0.05, 0) is 32.2 Å². The minimum atomic E-state index is 0.229. The van der Waals surface area contributed by atoms with Crippen LogP contribution in [0.4, 0.5) is 0 Å². The Bertz CT molecular complexity index is 196. The average Bonchev–Trinajstić information content (AvgIpc) is 2.22. The predicted molar refractivity (Wildman–Crippen MR) is 66.7 cm³/mol. The fourth-order valence-corrected chi connectivity index (χ4v) is 1.99. The molecule has 0 aromatic rings. The number of hydrogen-bond donors (Lipinski definition) is 1. The number of methoxy groups -OCH3 is 1. The van der Waals surface area contributed by atoms with E-state index in [4.69, 9.17) is 9.47 Å². The molecule has 4 unspecified atom stereocenters. The predicted octanol–water partition coefficient (Wildman–Crippen LogP) is 2.20. The summed E-state index contributed by atoms with van der Waals surface area (Å²) < 4.78 is 11.5. The summed E-state index contributed by atoms with van der Waals surface area (Å²) in [6.45, 7) is 9.78. The molecule has 4 atom stereocenters. The first-order valence-electron chi connectivity index (χ1n) is 6.51. The van der Waals surface area contributed by atoms with Gasteiger partial charge in [-0.2, -0.15) is 0 Å². The molecule has 0 bridgehead atoms. The lowest BCUT2D eigenvalue weighted by atomic mass is 9.84. The van der Waals surface area contributed by atoms with Crippen LogP contribution in [0.3, 0.4) is 0 Å². The fraction of sp³-hybridized carbons (Fsp3) is 1.00. The van der Waals surface area contributed by atoms with Gasteiger partial charge >= 0.3 is 0 Å². The second kappa shape index (κ2) is 6.58. The second-order valence-electron chi connectivity index (χ2n) is 5.12. The third-order valence-electron chi connectivity index (χ3n) is 3.51. The molecule has 0 spiro atoms. The maximum absolute atomic E-state index is 6.00. The van der Waals surface area contributed by atoms with E-state index in [1.807, 2.05) is 0 Å². The van der Waals surface area contributed by atoms with E-state index >= 15 is 0 Å². The molecule has 0 aromatic heterocycles. The van der Waals surface area contributed by atoms with Crippen LogP contribution in [0, 0.1) is 5.92 Å². The largest absolute Gasteiger partial charge is 0.377 e. The van der Waals surface area contributed by atoms with Gasteiger partial charge in [-0.3, -0.25) is 0 Å². The smallest absolute Gasteiger partial charge is 0.0987 e. The minimum absolute atomic E-state index is 0.229. The van der Waals surface area contributed by atoms with Crippen molar-refractivity contribution in [1.82, 2.24) is 5.32 Å². The maximum Gasteiger partial charge on any atom is 0.0987 e. The van der Waals surface area contributed by atoms with Crippen LogP contribution >= 0.6 is 0 Å². The third-order valence-corrected chi connectivity index (χ3v) is 3.51. The summed E-state index contributed by atoms with van der Waals surface area (Å²) in [5.74, 6) is 0.570. The van der Waals surface area contributed by atoms with Crippen molar-refractivity contribution in [3.63, 3.8) is 0 Å². The SMILES string of the molecule is CCCNC1CC(OC(C)C(C)C)C1OC. The van der Waals surface area contributed by atoms with Crippen molar-refractivity contribution in [3.05, 3.63) is 0 Å². The fourth-order valence-electron chi connectivity index (χ4n) is 1.99. The van der Waals surface area contributed by atoms with Crippen molar-refractivity contribution >= 4 is 0 Å². The van der Waals surface area contributed by atoms with E-state index in [-0.39, 0.29) is 12.2 Å². The highest BCUT2D eigenvalue weighted by atomic mass is 16.5. The molecule has 0 saturated heterocycles. The lowest BCUT2D eigenvalue weighted by molar-refractivity contribution is -0.161. The Morgan fingerprint density at radius 2 is 2.00 bits per heavy atom. The molecule has 0 heterocycles. The van der Waals surface area contributed by atoms with Crippen molar-refractivity contribution in [1.29, 1.82) is 0 Å². The molecule has 0 amide bonds. The molecular formula is C13H27NO2. The van der Waals surface area contributed by atoms with Crippen LogP contribution in [0.15, 0.2) is 0 Å². The van der Waals surface area contributed by atoms with Gasteiger partial charge in [-0.1, -0.05) is 20.8 Å². The molecule has 1 rings (SSSR count). The molecule has 1 saturated carbocycles. The second-order valence-corrected chi connectivity index (χ2v) is 5.12. The minimum Gasteiger partial charge on any atom is -0.377 e. The molecule has 3 nitrogen and oxygen atoms in total. The van der Waals surface area contributed by atoms with E-state index in [1.54, 1.807) is 7.11 Å². The first kappa shape index (κ1) is 13.9. The molecule has 0 aromatic carbocycles. The molecule has 1 aliphatic carbocycles. The summed E-state index contributed by atoms with van der Waals surface area (Å²) in [6, 6.07) is 0.481. The van der Waals surface area contributed by atoms with E-state index in [0.717, 1.165) is 13.0 Å². The van der Waals surface area contributed by atoms with Crippen molar-refractivity contribution in [2.75, 3.05) is 13.7 Å². The van der Waals surface area contributed by atoms with Gasteiger partial charge < -0.3 is 14.8 Å². The van der Waals surface area contributed by atoms with E-state index < -0.39 is 0 Å². The number of ether oxygens (including phenoxy) is 2. The summed E-state index contributed by atoms with van der Waals surface area (Å²) in [6.07, 6.45) is 3.07. The summed E-state index contributed by atoms with van der Waals surface area (Å²) in [5, 5.41) is 3.50. The number of rotatable bonds is 7. The molecule has 0 radical (unpaired) electrons. The van der Waals surface area contributed by atoms with E-state index in [1.165, 1.54) is 6.42 Å². The summed E-state index contributed by atoms with van der Waals surface area (Å²) in [5.41, 5.74) is 0. The molecule has 0 aliphatic heterocycles. The van der Waals surface area contributed by atoms with Gasteiger partial charge in [0.25, 0.3) is 0 Å². The van der Waals surface area contributed by atoms with E-state index in [0.29, 0.717) is 18.1 Å². The van der Waals surface area contributed by atoms with Crippen LogP contribution in [-0.2, 0) is 9.47 Å². The first-order valence-corrected chi connectivity index (χ1v) is 6.51. The average molecular weight is 229 g/mol. The van der Waals surface area contributed by atoms with Gasteiger partial charge in [0.15, 0.2) is 0 Å². The van der Waals surface area contributed by atoms with Gasteiger partial charge in [0.1, 0.15) is 0 Å². The Labute approximate surface area is 99.9 Å². The first-order chi connectivity index (χ1) is 7.60. The third kappa shape index (κ3) is 3.44. The zero-order valence-electron chi connectivity index (χ0n) is 11.3. The van der Waals surface area contributed by atoms with E-state index in [2.05, 4.69) is 33.0 Å². The number of nitrogens with one attached hydrogen (secondary N) is 1. The van der Waals surface area contributed by atoms with Gasteiger partial charge in [0.05, 0.1) is 18.3 Å². The van der Waals surface area contributed by atoms with Crippen LogP contribution < -0.4 is 5.32 Å². The van der Waals surface area contributed by atoms with Crippen molar-refractivity contribution in [2.24, 2.45) is 5.92 Å².